The molecule has 0 unspecified atom stereocenters. The van der Waals surface area contributed by atoms with Gasteiger partial charge < -0.3 is 10.5 Å². The van der Waals surface area contributed by atoms with Crippen LogP contribution < -0.4 is 5.73 Å². The largest absolute Gasteiger partial charge is 0.398 e. The highest BCUT2D eigenvalue weighted by Crippen LogP contribution is 2.24. The molecule has 1 aromatic rings. The highest BCUT2D eigenvalue weighted by molar-refractivity contribution is 7.89. The zero-order valence-corrected chi connectivity index (χ0v) is 11.2. The Bertz CT molecular complexity index is 520. The Morgan fingerprint density at radius 2 is 2.06 bits per heavy atom. The average Bonchev–Trinajstić information content (AvgIpc) is 2.57. The Morgan fingerprint density at radius 3 is 2.78 bits per heavy atom. The molecule has 0 saturated carbocycles. The molecule has 0 amide bonds. The Kier molecular flexibility index (Phi) is 3.89. The fourth-order valence-electron chi connectivity index (χ4n) is 2.01. The molecule has 6 heteroatoms. The van der Waals surface area contributed by atoms with Gasteiger partial charge in [-0.15, -0.1) is 0 Å². The summed E-state index contributed by atoms with van der Waals surface area (Å²) in [5, 5.41) is 0. The monoisotopic (exact) mass is 270 g/mol. The molecule has 0 atom stereocenters. The molecule has 18 heavy (non-hydrogen) atoms. The molecule has 1 aromatic carbocycles. The van der Waals surface area contributed by atoms with Gasteiger partial charge in [0.05, 0.1) is 12.3 Å². The number of sulfonamides is 1. The van der Waals surface area contributed by atoms with E-state index in [0.717, 1.165) is 5.56 Å². The van der Waals surface area contributed by atoms with Crippen molar-refractivity contribution >= 4 is 15.7 Å². The molecule has 0 radical (unpaired) electrons. The summed E-state index contributed by atoms with van der Waals surface area (Å²) in [5.74, 6) is 0. The summed E-state index contributed by atoms with van der Waals surface area (Å²) in [5.41, 5.74) is 7.07. The topological polar surface area (TPSA) is 72.6 Å². The highest BCUT2D eigenvalue weighted by atomic mass is 32.2. The van der Waals surface area contributed by atoms with Crippen molar-refractivity contribution in [2.45, 2.75) is 18.2 Å². The van der Waals surface area contributed by atoms with Gasteiger partial charge in [0.2, 0.25) is 10.0 Å². The van der Waals surface area contributed by atoms with Crippen LogP contribution in [0.5, 0.6) is 0 Å². The fourth-order valence-corrected chi connectivity index (χ4v) is 3.56. The van der Waals surface area contributed by atoms with Crippen LogP contribution in [0.2, 0.25) is 0 Å². The summed E-state index contributed by atoms with van der Waals surface area (Å²) in [6, 6.07) is 5.02. The zero-order chi connectivity index (χ0) is 13.2. The summed E-state index contributed by atoms with van der Waals surface area (Å²) in [6.45, 7) is 3.79. The zero-order valence-electron chi connectivity index (χ0n) is 10.4. The number of benzene rings is 1. The molecule has 2 rings (SSSR count). The number of hydrogen-bond acceptors (Lipinski definition) is 4. The number of nitrogen functional groups attached to an aromatic ring is 1. The highest BCUT2D eigenvalue weighted by Gasteiger charge is 2.27. The van der Waals surface area contributed by atoms with Gasteiger partial charge in [-0.2, -0.15) is 4.31 Å². The minimum absolute atomic E-state index is 0.190. The van der Waals surface area contributed by atoms with Crippen molar-refractivity contribution in [2.75, 3.05) is 32.0 Å². The van der Waals surface area contributed by atoms with Crippen LogP contribution >= 0.6 is 0 Å². The summed E-state index contributed by atoms with van der Waals surface area (Å²) >= 11 is 0. The Labute approximate surface area is 108 Å². The maximum absolute atomic E-state index is 12.5. The summed E-state index contributed by atoms with van der Waals surface area (Å²) in [4.78, 5) is 0.190. The second-order valence-corrected chi connectivity index (χ2v) is 6.32. The molecule has 0 bridgehead atoms. The van der Waals surface area contributed by atoms with Gasteiger partial charge in [-0.25, -0.2) is 8.42 Å². The van der Waals surface area contributed by atoms with Crippen molar-refractivity contribution < 1.29 is 13.2 Å². The van der Waals surface area contributed by atoms with Crippen molar-refractivity contribution in [3.63, 3.8) is 0 Å². The van der Waals surface area contributed by atoms with E-state index >= 15 is 0 Å². The minimum Gasteiger partial charge on any atom is -0.398 e. The Balaban J connectivity index is 2.34. The maximum Gasteiger partial charge on any atom is 0.245 e. The van der Waals surface area contributed by atoms with E-state index in [1.165, 1.54) is 4.31 Å². The van der Waals surface area contributed by atoms with E-state index in [-0.39, 0.29) is 4.90 Å². The average molecular weight is 270 g/mol. The molecule has 0 aliphatic carbocycles. The first-order valence-electron chi connectivity index (χ1n) is 5.96. The van der Waals surface area contributed by atoms with Crippen LogP contribution in [-0.2, 0) is 14.8 Å². The first-order valence-corrected chi connectivity index (χ1v) is 7.40. The molecule has 0 aromatic heterocycles. The van der Waals surface area contributed by atoms with E-state index < -0.39 is 10.0 Å². The molecule has 0 spiro atoms. The van der Waals surface area contributed by atoms with Crippen LogP contribution in [0.1, 0.15) is 12.0 Å². The lowest BCUT2D eigenvalue weighted by atomic mass is 10.2. The van der Waals surface area contributed by atoms with Crippen LogP contribution in [0.25, 0.3) is 0 Å². The number of nitrogens with two attached hydrogens (primary N) is 1. The van der Waals surface area contributed by atoms with Gasteiger partial charge in [-0.3, -0.25) is 0 Å². The Morgan fingerprint density at radius 1 is 1.28 bits per heavy atom. The maximum atomic E-state index is 12.5. The van der Waals surface area contributed by atoms with Crippen molar-refractivity contribution in [3.05, 3.63) is 23.8 Å². The van der Waals surface area contributed by atoms with E-state index in [1.54, 1.807) is 18.2 Å². The molecule has 2 N–H and O–H groups in total. The van der Waals surface area contributed by atoms with E-state index in [1.807, 2.05) is 6.92 Å². The molecule has 1 heterocycles. The van der Waals surface area contributed by atoms with Gasteiger partial charge in [-0.1, -0.05) is 6.07 Å². The molecule has 1 fully saturated rings. The molecule has 100 valence electrons. The fraction of sp³-hybridized carbons (Fsp3) is 0.500. The van der Waals surface area contributed by atoms with E-state index in [2.05, 4.69) is 0 Å². The molecule has 1 aliphatic rings. The van der Waals surface area contributed by atoms with Gasteiger partial charge in [-0.05, 0) is 31.0 Å². The van der Waals surface area contributed by atoms with Gasteiger partial charge in [0, 0.05) is 19.7 Å². The van der Waals surface area contributed by atoms with Gasteiger partial charge in [0.25, 0.3) is 0 Å². The smallest absolute Gasteiger partial charge is 0.245 e. The number of nitrogens with zero attached hydrogens (tertiary/aromatic N) is 1. The Hall–Kier alpha value is -1.11. The lowest BCUT2D eigenvalue weighted by Crippen LogP contribution is -2.33. The van der Waals surface area contributed by atoms with Crippen molar-refractivity contribution in [2.24, 2.45) is 0 Å². The van der Waals surface area contributed by atoms with Crippen LogP contribution in [0, 0.1) is 6.92 Å². The normalized spacial score (nSPS) is 18.5. The van der Waals surface area contributed by atoms with Crippen molar-refractivity contribution in [1.29, 1.82) is 0 Å². The number of rotatable bonds is 2. The third kappa shape index (κ3) is 2.66. The third-order valence-corrected chi connectivity index (χ3v) is 4.94. The summed E-state index contributed by atoms with van der Waals surface area (Å²) in [7, 11) is -3.50. The second kappa shape index (κ2) is 5.26. The number of ether oxygens (including phenoxy) is 1. The summed E-state index contributed by atoms with van der Waals surface area (Å²) in [6.07, 6.45) is 0.713. The lowest BCUT2D eigenvalue weighted by molar-refractivity contribution is 0.148. The molecular formula is C12H18N2O3S. The molecule has 1 aliphatic heterocycles. The van der Waals surface area contributed by atoms with Crippen molar-refractivity contribution in [3.8, 4) is 0 Å². The van der Waals surface area contributed by atoms with Gasteiger partial charge in [0.1, 0.15) is 4.90 Å². The molecule has 5 nitrogen and oxygen atoms in total. The van der Waals surface area contributed by atoms with Crippen LogP contribution in [-0.4, -0.2) is 39.0 Å². The molecule has 1 saturated heterocycles. The van der Waals surface area contributed by atoms with E-state index in [4.69, 9.17) is 10.5 Å². The summed E-state index contributed by atoms with van der Waals surface area (Å²) < 4.78 is 31.6. The number of aryl methyl sites for hydroxylation is 1. The first-order chi connectivity index (χ1) is 8.51. The lowest BCUT2D eigenvalue weighted by Gasteiger charge is -2.20. The predicted molar refractivity (Wildman–Crippen MR) is 69.8 cm³/mol. The van der Waals surface area contributed by atoms with Gasteiger partial charge >= 0.3 is 0 Å². The third-order valence-electron chi connectivity index (χ3n) is 2.96. The number of hydrogen-bond donors (Lipinski definition) is 1. The molecular weight excluding hydrogens is 252 g/mol. The first kappa shape index (κ1) is 13.3. The van der Waals surface area contributed by atoms with E-state index in [9.17, 15) is 8.42 Å². The van der Waals surface area contributed by atoms with Crippen molar-refractivity contribution in [1.82, 2.24) is 4.31 Å². The standard InChI is InChI=1S/C12H18N2O3S/c1-10-3-4-12(11(13)9-10)18(15,16)14-5-2-7-17-8-6-14/h3-4,9H,2,5-8,13H2,1H3. The minimum atomic E-state index is -3.50. The quantitative estimate of drug-likeness (QED) is 0.813. The van der Waals surface area contributed by atoms with Crippen LogP contribution in [0.4, 0.5) is 5.69 Å². The van der Waals surface area contributed by atoms with Crippen LogP contribution in [0.3, 0.4) is 0 Å². The SMILES string of the molecule is Cc1ccc(S(=O)(=O)N2CCCOCC2)c(N)c1. The van der Waals surface area contributed by atoms with E-state index in [0.29, 0.717) is 38.4 Å². The second-order valence-electron chi connectivity index (χ2n) is 4.41. The van der Waals surface area contributed by atoms with Gasteiger partial charge in [0.15, 0.2) is 0 Å². The van der Waals surface area contributed by atoms with Crippen LogP contribution in [0.15, 0.2) is 23.1 Å². The number of anilines is 1. The predicted octanol–water partition coefficient (Wildman–Crippen LogP) is 0.988.